The number of rotatable bonds is 1. The summed E-state index contributed by atoms with van der Waals surface area (Å²) in [5, 5.41) is 0. The van der Waals surface area contributed by atoms with Crippen molar-refractivity contribution in [2.24, 2.45) is 29.1 Å². The second-order valence-corrected chi connectivity index (χ2v) is 5.42. The third kappa shape index (κ3) is 0.588. The molecule has 0 aromatic rings. The smallest absolute Gasteiger partial charge is 0.0235 e. The Morgan fingerprint density at radius 1 is 1.36 bits per heavy atom. The van der Waals surface area contributed by atoms with Crippen LogP contribution in [0.2, 0.25) is 0 Å². The zero-order valence-corrected chi connectivity index (χ0v) is 7.64. The Balaban J connectivity index is 1.83. The second kappa shape index (κ2) is 1.67. The average Bonchev–Trinajstić information content (AvgIpc) is 2.56. The summed E-state index contributed by atoms with van der Waals surface area (Å²) in [5.41, 5.74) is 0.953. The molecule has 0 heterocycles. The summed E-state index contributed by atoms with van der Waals surface area (Å²) in [6.45, 7) is 4.84. The van der Waals surface area contributed by atoms with Crippen molar-refractivity contribution in [1.29, 1.82) is 0 Å². The first kappa shape index (κ1) is 6.51. The van der Waals surface area contributed by atoms with Crippen molar-refractivity contribution in [3.05, 3.63) is 0 Å². The molecule has 1 spiro atoms. The van der Waals surface area contributed by atoms with Gasteiger partial charge < -0.3 is 0 Å². The van der Waals surface area contributed by atoms with Gasteiger partial charge in [0.25, 0.3) is 0 Å². The van der Waals surface area contributed by atoms with Crippen LogP contribution in [0.15, 0.2) is 0 Å². The molecule has 0 aromatic heterocycles. The molecular formula is C11H18. The normalized spacial score (nSPS) is 58.6. The maximum absolute atomic E-state index is 2.42. The van der Waals surface area contributed by atoms with Crippen molar-refractivity contribution >= 4 is 0 Å². The molecule has 3 aliphatic carbocycles. The van der Waals surface area contributed by atoms with Crippen LogP contribution >= 0.6 is 0 Å². The van der Waals surface area contributed by atoms with E-state index >= 15 is 0 Å². The summed E-state index contributed by atoms with van der Waals surface area (Å²) < 4.78 is 0. The molecular weight excluding hydrogens is 132 g/mol. The highest BCUT2D eigenvalue weighted by Gasteiger charge is 2.70. The summed E-state index contributed by atoms with van der Waals surface area (Å²) in [4.78, 5) is 0. The van der Waals surface area contributed by atoms with Crippen molar-refractivity contribution in [2.75, 3.05) is 0 Å². The molecule has 0 saturated heterocycles. The molecule has 0 radical (unpaired) electrons. The molecule has 3 rings (SSSR count). The van der Waals surface area contributed by atoms with Gasteiger partial charge in [0.2, 0.25) is 0 Å². The van der Waals surface area contributed by atoms with Gasteiger partial charge in [-0.25, -0.2) is 0 Å². The van der Waals surface area contributed by atoms with Gasteiger partial charge in [-0.3, -0.25) is 0 Å². The molecule has 0 aromatic carbocycles. The zero-order valence-electron chi connectivity index (χ0n) is 7.64. The third-order valence-corrected chi connectivity index (χ3v) is 4.87. The summed E-state index contributed by atoms with van der Waals surface area (Å²) in [6.07, 6.45) is 6.36. The Kier molecular flexibility index (Phi) is 0.990. The minimum Gasteiger partial charge on any atom is -0.0625 e. The molecule has 0 nitrogen and oxygen atoms in total. The predicted molar refractivity (Wildman–Crippen MR) is 46.2 cm³/mol. The van der Waals surface area contributed by atoms with Gasteiger partial charge in [-0.1, -0.05) is 13.8 Å². The molecule has 4 atom stereocenters. The monoisotopic (exact) mass is 150 g/mol. The van der Waals surface area contributed by atoms with E-state index in [1.165, 1.54) is 11.8 Å². The molecule has 11 heavy (non-hydrogen) atoms. The maximum Gasteiger partial charge on any atom is -0.0235 e. The van der Waals surface area contributed by atoms with E-state index in [1.807, 2.05) is 0 Å². The summed E-state index contributed by atoms with van der Waals surface area (Å²) >= 11 is 0. The van der Waals surface area contributed by atoms with E-state index in [9.17, 15) is 0 Å². The summed E-state index contributed by atoms with van der Waals surface area (Å²) in [5.74, 6) is 4.44. The molecule has 3 fully saturated rings. The lowest BCUT2D eigenvalue weighted by molar-refractivity contribution is 0.0936. The van der Waals surface area contributed by atoms with Crippen molar-refractivity contribution in [2.45, 2.75) is 39.5 Å². The molecule has 0 aliphatic heterocycles. The van der Waals surface area contributed by atoms with Crippen LogP contribution in [-0.4, -0.2) is 0 Å². The fraction of sp³-hybridized carbons (Fsp3) is 1.00. The molecule has 0 heteroatoms. The van der Waals surface area contributed by atoms with Crippen LogP contribution in [0.5, 0.6) is 0 Å². The standard InChI is InChI=1S/C11H18/c1-7(2)9-5-8-6-11(8)4-3-10(9)11/h7-10H,3-6H2,1-2H3/t8-,9?,10+,11?/m1/s1. The topological polar surface area (TPSA) is 0 Å². The third-order valence-electron chi connectivity index (χ3n) is 4.87. The van der Waals surface area contributed by atoms with Crippen LogP contribution in [0.1, 0.15) is 39.5 Å². The van der Waals surface area contributed by atoms with Crippen LogP contribution < -0.4 is 0 Å². The fourth-order valence-corrected chi connectivity index (χ4v) is 4.03. The first-order valence-corrected chi connectivity index (χ1v) is 5.24. The van der Waals surface area contributed by atoms with Gasteiger partial charge in [0.05, 0.1) is 0 Å². The van der Waals surface area contributed by atoms with E-state index in [4.69, 9.17) is 0 Å². The molecule has 2 unspecified atom stereocenters. The lowest BCUT2D eigenvalue weighted by Crippen LogP contribution is -2.32. The SMILES string of the molecule is CC(C)C1C[C@@H]2CC23CC[C@@H]13. The second-order valence-electron chi connectivity index (χ2n) is 5.42. The van der Waals surface area contributed by atoms with Gasteiger partial charge >= 0.3 is 0 Å². The highest BCUT2D eigenvalue weighted by atomic mass is 14.7. The highest BCUT2D eigenvalue weighted by molar-refractivity contribution is 5.19. The van der Waals surface area contributed by atoms with Crippen molar-refractivity contribution < 1.29 is 0 Å². The minimum atomic E-state index is 0.953. The van der Waals surface area contributed by atoms with Crippen LogP contribution in [0, 0.1) is 29.1 Å². The molecule has 3 aliphatic rings. The van der Waals surface area contributed by atoms with Gasteiger partial charge in [0.1, 0.15) is 0 Å². The van der Waals surface area contributed by atoms with Gasteiger partial charge in [-0.05, 0) is 54.8 Å². The van der Waals surface area contributed by atoms with Crippen LogP contribution in [0.4, 0.5) is 0 Å². The average molecular weight is 150 g/mol. The largest absolute Gasteiger partial charge is 0.0625 e. The Morgan fingerprint density at radius 3 is 2.55 bits per heavy atom. The quantitative estimate of drug-likeness (QED) is 0.539. The van der Waals surface area contributed by atoms with Gasteiger partial charge in [-0.15, -0.1) is 0 Å². The zero-order chi connectivity index (χ0) is 7.64. The molecule has 62 valence electrons. The van der Waals surface area contributed by atoms with E-state index in [-0.39, 0.29) is 0 Å². The number of hydrogen-bond donors (Lipinski definition) is 0. The molecule has 0 amide bonds. The van der Waals surface area contributed by atoms with Gasteiger partial charge in [0, 0.05) is 0 Å². The Labute approximate surface area is 69.4 Å². The lowest BCUT2D eigenvalue weighted by atomic mass is 9.65. The van der Waals surface area contributed by atoms with Crippen molar-refractivity contribution in [3.8, 4) is 0 Å². The predicted octanol–water partition coefficient (Wildman–Crippen LogP) is 3.08. The van der Waals surface area contributed by atoms with E-state index < -0.39 is 0 Å². The maximum atomic E-state index is 2.42. The highest BCUT2D eigenvalue weighted by Crippen LogP contribution is 2.78. The van der Waals surface area contributed by atoms with Crippen LogP contribution in [-0.2, 0) is 0 Å². The first-order valence-electron chi connectivity index (χ1n) is 5.24. The first-order chi connectivity index (χ1) is 5.24. The Morgan fingerprint density at radius 2 is 2.18 bits per heavy atom. The summed E-state index contributed by atoms with van der Waals surface area (Å²) in [7, 11) is 0. The van der Waals surface area contributed by atoms with E-state index in [2.05, 4.69) is 13.8 Å². The summed E-state index contributed by atoms with van der Waals surface area (Å²) in [6, 6.07) is 0. The van der Waals surface area contributed by atoms with Gasteiger partial charge in [0.15, 0.2) is 0 Å². The fourth-order valence-electron chi connectivity index (χ4n) is 4.03. The van der Waals surface area contributed by atoms with Crippen LogP contribution in [0.25, 0.3) is 0 Å². The van der Waals surface area contributed by atoms with Crippen molar-refractivity contribution in [1.82, 2.24) is 0 Å². The lowest BCUT2D eigenvalue weighted by Gasteiger charge is -2.40. The van der Waals surface area contributed by atoms with Crippen LogP contribution in [0.3, 0.4) is 0 Å². The molecule has 3 saturated carbocycles. The van der Waals surface area contributed by atoms with Crippen molar-refractivity contribution in [3.63, 3.8) is 0 Å². The van der Waals surface area contributed by atoms with E-state index in [0.29, 0.717) is 0 Å². The molecule has 0 bridgehead atoms. The number of hydrogen-bond acceptors (Lipinski definition) is 0. The Hall–Kier alpha value is 0. The van der Waals surface area contributed by atoms with Gasteiger partial charge in [-0.2, -0.15) is 0 Å². The molecule has 0 N–H and O–H groups in total. The van der Waals surface area contributed by atoms with E-state index in [0.717, 1.165) is 17.3 Å². The van der Waals surface area contributed by atoms with E-state index in [1.54, 1.807) is 25.7 Å². The Bertz CT molecular complexity index is 190. The minimum absolute atomic E-state index is 0.953.